The summed E-state index contributed by atoms with van der Waals surface area (Å²) in [5, 5.41) is 3.76. The van der Waals surface area contributed by atoms with Gasteiger partial charge in [-0.1, -0.05) is 30.3 Å². The van der Waals surface area contributed by atoms with Crippen LogP contribution >= 0.6 is 23.1 Å². The minimum Gasteiger partial charge on any atom is -0.467 e. The van der Waals surface area contributed by atoms with Crippen LogP contribution in [0.1, 0.15) is 5.69 Å². The normalized spacial score (nSPS) is 17.9. The van der Waals surface area contributed by atoms with Crippen LogP contribution in [0.25, 0.3) is 10.6 Å². The number of thiazole rings is 1. The maximum Gasteiger partial charge on any atom is 0.331 e. The number of methoxy groups -OCH3 is 1. The summed E-state index contributed by atoms with van der Waals surface area (Å²) in [4.78, 5) is 20.4. The van der Waals surface area contributed by atoms with Crippen molar-refractivity contribution in [2.24, 2.45) is 4.99 Å². The lowest BCUT2D eigenvalue weighted by Gasteiger charge is -2.00. The summed E-state index contributed by atoms with van der Waals surface area (Å²) in [6.07, 6.45) is 0. The van der Waals surface area contributed by atoms with Crippen molar-refractivity contribution >= 4 is 34.1 Å². The molecule has 2 aromatic rings. The Morgan fingerprint density at radius 2 is 2.15 bits per heavy atom. The molecule has 0 saturated heterocycles. The van der Waals surface area contributed by atoms with E-state index in [0.717, 1.165) is 21.3 Å². The first-order valence-electron chi connectivity index (χ1n) is 6.07. The Labute approximate surface area is 124 Å². The number of carbonyl (C=O) groups excluding carboxylic acids is 1. The molecular formula is C14H12N2O2S2. The highest BCUT2D eigenvalue weighted by molar-refractivity contribution is 8.14. The smallest absolute Gasteiger partial charge is 0.331 e. The van der Waals surface area contributed by atoms with Crippen molar-refractivity contribution in [3.05, 3.63) is 41.4 Å². The molecule has 6 heteroatoms. The molecule has 1 aromatic carbocycles. The summed E-state index contributed by atoms with van der Waals surface area (Å²) in [5.41, 5.74) is 1.93. The molecule has 0 N–H and O–H groups in total. The fourth-order valence-corrected chi connectivity index (χ4v) is 3.72. The lowest BCUT2D eigenvalue weighted by molar-refractivity contribution is -0.141. The molecule has 1 aliphatic heterocycles. The van der Waals surface area contributed by atoms with E-state index in [2.05, 4.69) is 9.98 Å². The first-order valence-corrected chi connectivity index (χ1v) is 7.94. The van der Waals surface area contributed by atoms with Gasteiger partial charge in [0.1, 0.15) is 15.7 Å². The molecular weight excluding hydrogens is 292 g/mol. The van der Waals surface area contributed by atoms with E-state index >= 15 is 0 Å². The highest BCUT2D eigenvalue weighted by Crippen LogP contribution is 2.28. The molecule has 102 valence electrons. The van der Waals surface area contributed by atoms with E-state index in [0.29, 0.717) is 5.75 Å². The Balaban J connectivity index is 1.83. The second kappa shape index (κ2) is 5.76. The van der Waals surface area contributed by atoms with Crippen molar-refractivity contribution < 1.29 is 9.53 Å². The Hall–Kier alpha value is -1.66. The van der Waals surface area contributed by atoms with Crippen LogP contribution in [0.4, 0.5) is 0 Å². The van der Waals surface area contributed by atoms with Crippen LogP contribution in [0.15, 0.2) is 40.7 Å². The largest absolute Gasteiger partial charge is 0.467 e. The van der Waals surface area contributed by atoms with Gasteiger partial charge in [-0.15, -0.1) is 23.1 Å². The van der Waals surface area contributed by atoms with E-state index in [4.69, 9.17) is 4.74 Å². The number of aliphatic imine (C=N–C) groups is 1. The van der Waals surface area contributed by atoms with Gasteiger partial charge in [-0.2, -0.15) is 0 Å². The van der Waals surface area contributed by atoms with E-state index in [9.17, 15) is 4.79 Å². The zero-order valence-corrected chi connectivity index (χ0v) is 12.4. The summed E-state index contributed by atoms with van der Waals surface area (Å²) in [5.74, 6) is 0.339. The van der Waals surface area contributed by atoms with Crippen molar-refractivity contribution in [2.75, 3.05) is 12.9 Å². The van der Waals surface area contributed by atoms with Gasteiger partial charge in [0, 0.05) is 16.7 Å². The summed E-state index contributed by atoms with van der Waals surface area (Å²) >= 11 is 3.13. The molecule has 1 aliphatic rings. The molecule has 4 nitrogen and oxygen atoms in total. The summed E-state index contributed by atoms with van der Waals surface area (Å²) in [6.45, 7) is 0. The molecule has 0 fully saturated rings. The van der Waals surface area contributed by atoms with E-state index in [1.54, 1.807) is 23.1 Å². The molecule has 1 atom stereocenters. The quantitative estimate of drug-likeness (QED) is 0.818. The van der Waals surface area contributed by atoms with E-state index in [-0.39, 0.29) is 5.97 Å². The highest BCUT2D eigenvalue weighted by Gasteiger charge is 2.27. The lowest BCUT2D eigenvalue weighted by Crippen LogP contribution is -2.19. The zero-order chi connectivity index (χ0) is 13.9. The van der Waals surface area contributed by atoms with Crippen molar-refractivity contribution in [1.29, 1.82) is 0 Å². The third-order valence-electron chi connectivity index (χ3n) is 2.87. The van der Waals surface area contributed by atoms with Gasteiger partial charge in [0.15, 0.2) is 6.04 Å². The fourth-order valence-electron chi connectivity index (χ4n) is 1.86. The molecule has 2 heterocycles. The van der Waals surface area contributed by atoms with Crippen LogP contribution in [-0.2, 0) is 9.53 Å². The van der Waals surface area contributed by atoms with Gasteiger partial charge in [0.2, 0.25) is 0 Å². The minimum absolute atomic E-state index is 0.286. The fraction of sp³-hybridized carbons (Fsp3) is 0.214. The van der Waals surface area contributed by atoms with Crippen LogP contribution < -0.4 is 0 Å². The predicted octanol–water partition coefficient (Wildman–Crippen LogP) is 2.85. The second-order valence-electron chi connectivity index (χ2n) is 4.19. The zero-order valence-electron chi connectivity index (χ0n) is 10.8. The van der Waals surface area contributed by atoms with E-state index in [1.165, 1.54) is 7.11 Å². The number of nitrogens with zero attached hydrogens (tertiary/aromatic N) is 2. The maximum absolute atomic E-state index is 11.5. The van der Waals surface area contributed by atoms with Gasteiger partial charge in [-0.3, -0.25) is 4.99 Å². The number of thioether (sulfide) groups is 1. The number of hydrogen-bond donors (Lipinski definition) is 0. The number of hydrogen-bond acceptors (Lipinski definition) is 6. The molecule has 3 rings (SSSR count). The van der Waals surface area contributed by atoms with Crippen LogP contribution in [0.3, 0.4) is 0 Å². The number of aromatic nitrogens is 1. The topological polar surface area (TPSA) is 51.5 Å². The number of esters is 1. The lowest BCUT2D eigenvalue weighted by atomic mass is 10.2. The Bertz CT molecular complexity index is 652. The van der Waals surface area contributed by atoms with Crippen molar-refractivity contribution in [2.45, 2.75) is 6.04 Å². The molecule has 0 bridgehead atoms. The Kier molecular flexibility index (Phi) is 3.84. The summed E-state index contributed by atoms with van der Waals surface area (Å²) in [6, 6.07) is 9.63. The minimum atomic E-state index is -0.401. The van der Waals surface area contributed by atoms with Crippen LogP contribution in [0, 0.1) is 0 Å². The number of carbonyl (C=O) groups is 1. The average molecular weight is 304 g/mol. The molecule has 0 radical (unpaired) electrons. The van der Waals surface area contributed by atoms with Gasteiger partial charge in [-0.25, -0.2) is 9.78 Å². The number of ether oxygens (including phenoxy) is 1. The van der Waals surface area contributed by atoms with Gasteiger partial charge >= 0.3 is 5.97 Å². The first kappa shape index (κ1) is 13.3. The SMILES string of the molecule is COC(=O)[C@@H]1CSC(c2csc(-c3ccccc3)n2)=N1. The first-order chi connectivity index (χ1) is 9.78. The maximum atomic E-state index is 11.5. The number of rotatable bonds is 3. The van der Waals surface area contributed by atoms with Crippen LogP contribution in [-0.4, -0.2) is 34.9 Å². The van der Waals surface area contributed by atoms with Gasteiger partial charge in [0.25, 0.3) is 0 Å². The monoisotopic (exact) mass is 304 g/mol. The molecule has 0 saturated carbocycles. The Morgan fingerprint density at radius 3 is 2.90 bits per heavy atom. The second-order valence-corrected chi connectivity index (χ2v) is 6.05. The molecule has 0 spiro atoms. The van der Waals surface area contributed by atoms with Gasteiger partial charge in [-0.05, 0) is 0 Å². The van der Waals surface area contributed by atoms with Gasteiger partial charge < -0.3 is 4.74 Å². The molecule has 20 heavy (non-hydrogen) atoms. The highest BCUT2D eigenvalue weighted by atomic mass is 32.2. The molecule has 0 amide bonds. The standard InChI is InChI=1S/C14H12N2O2S2/c1-18-14(17)11-8-20-13(16-11)10-7-19-12(15-10)9-5-3-2-4-6-9/h2-7,11H,8H2,1H3/t11-/m0/s1. The summed E-state index contributed by atoms with van der Waals surface area (Å²) in [7, 11) is 1.39. The summed E-state index contributed by atoms with van der Waals surface area (Å²) < 4.78 is 4.72. The Morgan fingerprint density at radius 1 is 1.35 bits per heavy atom. The molecule has 0 unspecified atom stereocenters. The third kappa shape index (κ3) is 2.62. The third-order valence-corrected chi connectivity index (χ3v) is 4.83. The van der Waals surface area contributed by atoms with Crippen molar-refractivity contribution in [1.82, 2.24) is 4.98 Å². The van der Waals surface area contributed by atoms with Crippen LogP contribution in [0.5, 0.6) is 0 Å². The van der Waals surface area contributed by atoms with Crippen molar-refractivity contribution in [3.63, 3.8) is 0 Å². The van der Waals surface area contributed by atoms with E-state index in [1.807, 2.05) is 35.7 Å². The van der Waals surface area contributed by atoms with Gasteiger partial charge in [0.05, 0.1) is 7.11 Å². The van der Waals surface area contributed by atoms with E-state index < -0.39 is 6.04 Å². The molecule has 0 aliphatic carbocycles. The average Bonchev–Trinajstić information content (AvgIpc) is 3.16. The van der Waals surface area contributed by atoms with Crippen LogP contribution in [0.2, 0.25) is 0 Å². The molecule has 1 aromatic heterocycles. The number of benzene rings is 1. The van der Waals surface area contributed by atoms with Crippen molar-refractivity contribution in [3.8, 4) is 10.6 Å². The predicted molar refractivity (Wildman–Crippen MR) is 82.3 cm³/mol.